The number of hydrazone groups is 2. The summed E-state index contributed by atoms with van der Waals surface area (Å²) in [7, 11) is 0. The van der Waals surface area contributed by atoms with Crippen LogP contribution in [0.5, 0.6) is 0 Å². The molecule has 0 spiro atoms. The number of halogens is 2. The van der Waals surface area contributed by atoms with Gasteiger partial charge in [0.15, 0.2) is 0 Å². The molecule has 0 unspecified atom stereocenters. The standard InChI is InChI=1S/C23H16Cl2N6O/c24-20-9-3-17(4-10-20)14-27-30-23(31-28-15-18-5-11-21(25)12-6-18)29-22(32)19-7-1-16(13-26)2-8-19/h1-12,14-15H,(H2,29,30,31,32). The molecule has 3 aromatic carbocycles. The summed E-state index contributed by atoms with van der Waals surface area (Å²) in [6, 6.07) is 22.2. The summed E-state index contributed by atoms with van der Waals surface area (Å²) >= 11 is 11.8. The molecule has 32 heavy (non-hydrogen) atoms. The molecular formula is C23H16Cl2N6O. The Kier molecular flexibility index (Phi) is 8.09. The van der Waals surface area contributed by atoms with Gasteiger partial charge in [-0.2, -0.15) is 20.5 Å². The first-order valence-corrected chi connectivity index (χ1v) is 10.0. The highest BCUT2D eigenvalue weighted by Crippen LogP contribution is 2.09. The van der Waals surface area contributed by atoms with Crippen LogP contribution < -0.4 is 10.9 Å². The van der Waals surface area contributed by atoms with Crippen LogP contribution in [0.15, 0.2) is 88.0 Å². The zero-order valence-electron chi connectivity index (χ0n) is 16.5. The van der Waals surface area contributed by atoms with Crippen molar-refractivity contribution in [3.05, 3.63) is 105 Å². The lowest BCUT2D eigenvalue weighted by molar-refractivity contribution is 0.100. The van der Waals surface area contributed by atoms with Gasteiger partial charge >= 0.3 is 0 Å². The number of aliphatic imine (C=N–C) groups is 1. The minimum atomic E-state index is -0.534. The van der Waals surface area contributed by atoms with Crippen LogP contribution in [0.4, 0.5) is 0 Å². The number of guanidine groups is 1. The van der Waals surface area contributed by atoms with E-state index in [0.29, 0.717) is 21.2 Å². The van der Waals surface area contributed by atoms with Gasteiger partial charge in [-0.15, -0.1) is 0 Å². The summed E-state index contributed by atoms with van der Waals surface area (Å²) in [5.41, 5.74) is 7.69. The van der Waals surface area contributed by atoms with Crippen LogP contribution >= 0.6 is 23.2 Å². The molecule has 0 aromatic heterocycles. The number of nitriles is 1. The van der Waals surface area contributed by atoms with E-state index in [1.165, 1.54) is 12.1 Å². The van der Waals surface area contributed by atoms with Crippen molar-refractivity contribution >= 4 is 47.5 Å². The van der Waals surface area contributed by atoms with E-state index in [-0.39, 0.29) is 5.96 Å². The largest absolute Gasteiger partial charge is 0.280 e. The van der Waals surface area contributed by atoms with E-state index < -0.39 is 5.91 Å². The molecule has 0 aliphatic rings. The third-order valence-electron chi connectivity index (χ3n) is 3.98. The predicted molar refractivity (Wildman–Crippen MR) is 127 cm³/mol. The van der Waals surface area contributed by atoms with Crippen molar-refractivity contribution in [2.75, 3.05) is 0 Å². The molecule has 0 radical (unpaired) electrons. The summed E-state index contributed by atoms with van der Waals surface area (Å²) < 4.78 is 0. The summed E-state index contributed by atoms with van der Waals surface area (Å²) in [4.78, 5) is 16.5. The van der Waals surface area contributed by atoms with Gasteiger partial charge in [0.25, 0.3) is 5.91 Å². The maximum atomic E-state index is 12.5. The molecule has 0 aliphatic heterocycles. The number of nitrogens with zero attached hydrogens (tertiary/aromatic N) is 4. The summed E-state index contributed by atoms with van der Waals surface area (Å²) in [6.07, 6.45) is 3.09. The molecule has 1 amide bonds. The topological polar surface area (TPSA) is 102 Å². The highest BCUT2D eigenvalue weighted by atomic mass is 35.5. The first-order chi connectivity index (χ1) is 15.5. The maximum Gasteiger partial charge on any atom is 0.280 e. The van der Waals surface area contributed by atoms with Crippen molar-refractivity contribution in [2.24, 2.45) is 15.2 Å². The SMILES string of the molecule is N#Cc1ccc(C(=O)N=C(NN=Cc2ccc(Cl)cc2)NN=Cc2ccc(Cl)cc2)cc1. The molecular weight excluding hydrogens is 447 g/mol. The average molecular weight is 463 g/mol. The van der Waals surface area contributed by atoms with E-state index in [2.05, 4.69) is 26.0 Å². The van der Waals surface area contributed by atoms with Gasteiger partial charge in [-0.05, 0) is 59.7 Å². The molecule has 0 aliphatic carbocycles. The lowest BCUT2D eigenvalue weighted by Crippen LogP contribution is -2.32. The molecule has 0 atom stereocenters. The molecule has 0 heterocycles. The Morgan fingerprint density at radius 3 is 1.69 bits per heavy atom. The van der Waals surface area contributed by atoms with Gasteiger partial charge in [-0.25, -0.2) is 10.9 Å². The third kappa shape index (κ3) is 7.06. The van der Waals surface area contributed by atoms with Crippen molar-refractivity contribution in [3.63, 3.8) is 0 Å². The maximum absolute atomic E-state index is 12.5. The number of nitrogens with one attached hydrogen (secondary N) is 2. The van der Waals surface area contributed by atoms with Crippen LogP contribution in [0.1, 0.15) is 27.0 Å². The van der Waals surface area contributed by atoms with Crippen LogP contribution in [-0.4, -0.2) is 24.3 Å². The first kappa shape index (κ1) is 22.7. The number of carbonyl (C=O) groups excluding carboxylic acids is 1. The molecule has 0 bridgehead atoms. The smallest absolute Gasteiger partial charge is 0.267 e. The van der Waals surface area contributed by atoms with Gasteiger partial charge in [-0.3, -0.25) is 4.79 Å². The molecule has 158 valence electrons. The van der Waals surface area contributed by atoms with Crippen LogP contribution in [0.2, 0.25) is 10.0 Å². The summed E-state index contributed by atoms with van der Waals surface area (Å²) in [5.74, 6) is -0.525. The van der Waals surface area contributed by atoms with Crippen LogP contribution in [0.3, 0.4) is 0 Å². The minimum absolute atomic E-state index is 0.00906. The molecule has 0 fully saturated rings. The van der Waals surface area contributed by atoms with E-state index in [1.807, 2.05) is 6.07 Å². The lowest BCUT2D eigenvalue weighted by atomic mass is 10.1. The monoisotopic (exact) mass is 462 g/mol. The average Bonchev–Trinajstić information content (AvgIpc) is 2.81. The molecule has 9 heteroatoms. The molecule has 0 saturated heterocycles. The van der Waals surface area contributed by atoms with Gasteiger partial charge in [0.2, 0.25) is 5.96 Å². The van der Waals surface area contributed by atoms with Crippen molar-refractivity contribution in [1.82, 2.24) is 10.9 Å². The van der Waals surface area contributed by atoms with E-state index >= 15 is 0 Å². The second-order valence-electron chi connectivity index (χ2n) is 6.30. The second-order valence-corrected chi connectivity index (χ2v) is 7.17. The van der Waals surface area contributed by atoms with Crippen molar-refractivity contribution < 1.29 is 4.79 Å². The summed E-state index contributed by atoms with van der Waals surface area (Å²) in [6.45, 7) is 0. The Hall–Kier alpha value is -3.99. The van der Waals surface area contributed by atoms with Gasteiger partial charge in [0.05, 0.1) is 24.1 Å². The zero-order valence-corrected chi connectivity index (χ0v) is 18.0. The normalized spacial score (nSPS) is 10.7. The van der Waals surface area contributed by atoms with Crippen LogP contribution in [0, 0.1) is 11.3 Å². The van der Waals surface area contributed by atoms with Crippen LogP contribution in [0.25, 0.3) is 0 Å². The van der Waals surface area contributed by atoms with Gasteiger partial charge < -0.3 is 0 Å². The lowest BCUT2D eigenvalue weighted by Gasteiger charge is -2.05. The van der Waals surface area contributed by atoms with E-state index in [4.69, 9.17) is 28.5 Å². The van der Waals surface area contributed by atoms with Crippen molar-refractivity contribution in [2.45, 2.75) is 0 Å². The van der Waals surface area contributed by atoms with Crippen molar-refractivity contribution in [1.29, 1.82) is 5.26 Å². The highest BCUT2D eigenvalue weighted by Gasteiger charge is 2.07. The fourth-order valence-corrected chi connectivity index (χ4v) is 2.61. The van der Waals surface area contributed by atoms with Crippen molar-refractivity contribution in [3.8, 4) is 6.07 Å². The first-order valence-electron chi connectivity index (χ1n) is 9.26. The van der Waals surface area contributed by atoms with Gasteiger partial charge in [0, 0.05) is 15.6 Å². The number of carbonyl (C=O) groups is 1. The predicted octanol–water partition coefficient (Wildman–Crippen LogP) is 4.61. The highest BCUT2D eigenvalue weighted by molar-refractivity contribution is 6.30. The number of hydrogen-bond donors (Lipinski definition) is 2. The molecule has 2 N–H and O–H groups in total. The fraction of sp³-hybridized carbons (Fsp3) is 0. The third-order valence-corrected chi connectivity index (χ3v) is 4.49. The van der Waals surface area contributed by atoms with E-state index in [1.54, 1.807) is 73.1 Å². The minimum Gasteiger partial charge on any atom is -0.267 e. The Morgan fingerprint density at radius 1 is 0.781 bits per heavy atom. The zero-order chi connectivity index (χ0) is 22.8. The Balaban J connectivity index is 1.75. The Morgan fingerprint density at radius 2 is 1.25 bits per heavy atom. The molecule has 3 aromatic rings. The number of hydrogen-bond acceptors (Lipinski definition) is 4. The van der Waals surface area contributed by atoms with Gasteiger partial charge in [-0.1, -0.05) is 47.5 Å². The molecule has 0 saturated carbocycles. The summed E-state index contributed by atoms with van der Waals surface area (Å²) in [5, 5.41) is 18.3. The number of amides is 1. The molecule has 3 rings (SSSR count). The number of rotatable bonds is 5. The fourth-order valence-electron chi connectivity index (χ4n) is 2.36. The molecule has 7 nitrogen and oxygen atoms in total. The van der Waals surface area contributed by atoms with E-state index in [9.17, 15) is 4.79 Å². The Bertz CT molecular complexity index is 1140. The number of benzene rings is 3. The second kappa shape index (κ2) is 11.4. The van der Waals surface area contributed by atoms with Gasteiger partial charge in [0.1, 0.15) is 0 Å². The quantitative estimate of drug-likeness (QED) is 0.328. The van der Waals surface area contributed by atoms with Crippen LogP contribution in [-0.2, 0) is 0 Å². The van der Waals surface area contributed by atoms with E-state index in [0.717, 1.165) is 11.1 Å². The Labute approximate surface area is 194 Å².